The summed E-state index contributed by atoms with van der Waals surface area (Å²) in [5, 5.41) is 0. The summed E-state index contributed by atoms with van der Waals surface area (Å²) < 4.78 is 44.0. The molecule has 2 rings (SSSR count). The fraction of sp³-hybridized carbons (Fsp3) is 0.400. The van der Waals surface area contributed by atoms with Crippen LogP contribution in [0.2, 0.25) is 0 Å². The summed E-state index contributed by atoms with van der Waals surface area (Å²) in [6.07, 6.45) is -2.10. The van der Waals surface area contributed by atoms with Gasteiger partial charge in [0, 0.05) is 6.54 Å². The molecule has 1 unspecified atom stereocenters. The van der Waals surface area contributed by atoms with E-state index in [-0.39, 0.29) is 19.6 Å². The Morgan fingerprint density at radius 3 is 2.62 bits per heavy atom. The van der Waals surface area contributed by atoms with E-state index in [2.05, 4.69) is 0 Å². The van der Waals surface area contributed by atoms with Crippen molar-refractivity contribution in [2.24, 2.45) is 0 Å². The predicted molar refractivity (Wildman–Crippen MR) is 71.6 cm³/mol. The van der Waals surface area contributed by atoms with E-state index in [0.717, 1.165) is 10.5 Å². The molecule has 1 aromatic carbocycles. The Hall–Kier alpha value is -1.98. The van der Waals surface area contributed by atoms with Gasteiger partial charge in [-0.05, 0) is 18.4 Å². The van der Waals surface area contributed by atoms with Crippen LogP contribution in [-0.4, -0.2) is 29.8 Å². The van der Waals surface area contributed by atoms with Crippen LogP contribution in [0.25, 0.3) is 0 Å². The van der Waals surface area contributed by atoms with Crippen molar-refractivity contribution in [3.63, 3.8) is 0 Å². The minimum Gasteiger partial charge on any atom is -0.445 e. The number of rotatable bonds is 2. The molecule has 1 aliphatic heterocycles. The van der Waals surface area contributed by atoms with E-state index in [9.17, 15) is 18.0 Å². The summed E-state index contributed by atoms with van der Waals surface area (Å²) in [7, 11) is 0. The molecule has 114 valence electrons. The highest BCUT2D eigenvalue weighted by Gasteiger charge is 2.45. The van der Waals surface area contributed by atoms with Gasteiger partial charge in [0.05, 0.1) is 0 Å². The molecule has 0 radical (unpaired) electrons. The van der Waals surface area contributed by atoms with Crippen molar-refractivity contribution in [2.45, 2.75) is 31.7 Å². The van der Waals surface area contributed by atoms with Crippen LogP contribution >= 0.6 is 0 Å². The van der Waals surface area contributed by atoms with Gasteiger partial charge >= 0.3 is 12.3 Å². The van der Waals surface area contributed by atoms with Gasteiger partial charge < -0.3 is 4.74 Å². The van der Waals surface area contributed by atoms with Crippen LogP contribution in [0.15, 0.2) is 42.5 Å². The Morgan fingerprint density at radius 2 is 1.95 bits per heavy atom. The van der Waals surface area contributed by atoms with E-state index in [1.807, 2.05) is 6.07 Å². The van der Waals surface area contributed by atoms with Crippen LogP contribution in [0.5, 0.6) is 0 Å². The Kier molecular flexibility index (Phi) is 4.88. The fourth-order valence-corrected chi connectivity index (χ4v) is 2.17. The second-order valence-electron chi connectivity index (χ2n) is 4.79. The Bertz CT molecular complexity index is 499. The van der Waals surface area contributed by atoms with E-state index in [0.29, 0.717) is 6.42 Å². The molecular weight excluding hydrogens is 283 g/mol. The third kappa shape index (κ3) is 4.24. The number of hydrogen-bond acceptors (Lipinski definition) is 2. The Labute approximate surface area is 121 Å². The zero-order valence-corrected chi connectivity index (χ0v) is 11.3. The van der Waals surface area contributed by atoms with Crippen LogP contribution in [0.3, 0.4) is 0 Å². The van der Waals surface area contributed by atoms with Crippen molar-refractivity contribution in [2.75, 3.05) is 6.54 Å². The van der Waals surface area contributed by atoms with Crippen molar-refractivity contribution >= 4 is 6.09 Å². The quantitative estimate of drug-likeness (QED) is 0.775. The first kappa shape index (κ1) is 15.4. The summed E-state index contributed by atoms with van der Waals surface area (Å²) in [6, 6.07) is 7.04. The first-order valence-electron chi connectivity index (χ1n) is 6.67. The summed E-state index contributed by atoms with van der Waals surface area (Å²) in [5.74, 6) is 0. The number of halogens is 3. The van der Waals surface area contributed by atoms with Crippen molar-refractivity contribution in [1.82, 2.24) is 4.90 Å². The summed E-state index contributed by atoms with van der Waals surface area (Å²) in [6.45, 7) is -0.0253. The van der Waals surface area contributed by atoms with Crippen LogP contribution < -0.4 is 0 Å². The average Bonchev–Trinajstić information content (AvgIpc) is 2.71. The maximum absolute atomic E-state index is 13.0. The zero-order chi connectivity index (χ0) is 15.3. The van der Waals surface area contributed by atoms with E-state index >= 15 is 0 Å². The molecule has 0 aromatic heterocycles. The lowest BCUT2D eigenvalue weighted by molar-refractivity contribution is -0.177. The monoisotopic (exact) mass is 299 g/mol. The molecular formula is C15H16F3NO2. The van der Waals surface area contributed by atoms with E-state index in [4.69, 9.17) is 4.74 Å². The molecule has 1 heterocycles. The summed E-state index contributed by atoms with van der Waals surface area (Å²) in [4.78, 5) is 12.7. The van der Waals surface area contributed by atoms with E-state index in [1.165, 1.54) is 6.08 Å². The lowest BCUT2D eigenvalue weighted by Crippen LogP contribution is -2.48. The third-order valence-corrected chi connectivity index (χ3v) is 3.26. The topological polar surface area (TPSA) is 29.5 Å². The summed E-state index contributed by atoms with van der Waals surface area (Å²) >= 11 is 0. The maximum Gasteiger partial charge on any atom is 0.410 e. The molecule has 6 heteroatoms. The highest BCUT2D eigenvalue weighted by Crippen LogP contribution is 2.29. The van der Waals surface area contributed by atoms with Crippen LogP contribution in [0.1, 0.15) is 18.4 Å². The highest BCUT2D eigenvalue weighted by atomic mass is 19.4. The smallest absolute Gasteiger partial charge is 0.410 e. The largest absolute Gasteiger partial charge is 0.445 e. The number of ether oxygens (including phenoxy) is 1. The molecule has 3 nitrogen and oxygen atoms in total. The maximum atomic E-state index is 13.0. The standard InChI is InChI=1S/C15H16F3NO2/c16-15(17,18)13-9-5-2-6-10-19(13)14(20)21-11-12-7-3-1-4-8-12/h1-5,7-8,13H,6,9-11H2. The molecule has 0 saturated heterocycles. The van der Waals surface area contributed by atoms with Gasteiger partial charge in [0.25, 0.3) is 0 Å². The third-order valence-electron chi connectivity index (χ3n) is 3.26. The van der Waals surface area contributed by atoms with Crippen LogP contribution in [0.4, 0.5) is 18.0 Å². The van der Waals surface area contributed by atoms with Crippen LogP contribution in [-0.2, 0) is 11.3 Å². The van der Waals surface area contributed by atoms with Crippen LogP contribution in [0, 0.1) is 0 Å². The second-order valence-corrected chi connectivity index (χ2v) is 4.79. The number of benzene rings is 1. The van der Waals surface area contributed by atoms with E-state index in [1.54, 1.807) is 30.3 Å². The average molecular weight is 299 g/mol. The molecule has 1 aliphatic rings. The van der Waals surface area contributed by atoms with Gasteiger partial charge in [-0.15, -0.1) is 0 Å². The van der Waals surface area contributed by atoms with Gasteiger partial charge in [0.1, 0.15) is 12.6 Å². The summed E-state index contributed by atoms with van der Waals surface area (Å²) in [5.41, 5.74) is 0.738. The molecule has 0 aliphatic carbocycles. The van der Waals surface area contributed by atoms with Gasteiger partial charge in [0.15, 0.2) is 0 Å². The second kappa shape index (κ2) is 6.65. The molecule has 1 atom stereocenters. The first-order valence-corrected chi connectivity index (χ1v) is 6.67. The minimum atomic E-state index is -4.46. The molecule has 0 fully saturated rings. The fourth-order valence-electron chi connectivity index (χ4n) is 2.17. The number of carbonyl (C=O) groups excluding carboxylic acids is 1. The number of nitrogens with zero attached hydrogens (tertiary/aromatic N) is 1. The number of amides is 1. The molecule has 1 amide bonds. The molecule has 21 heavy (non-hydrogen) atoms. The number of alkyl halides is 3. The van der Waals surface area contributed by atoms with Gasteiger partial charge in [-0.25, -0.2) is 4.79 Å². The first-order chi connectivity index (χ1) is 9.98. The highest BCUT2D eigenvalue weighted by molar-refractivity contribution is 5.68. The van der Waals surface area contributed by atoms with E-state index < -0.39 is 18.3 Å². The predicted octanol–water partition coefficient (Wildman–Crippen LogP) is 3.91. The number of hydrogen-bond donors (Lipinski definition) is 0. The Balaban J connectivity index is 2.01. The minimum absolute atomic E-state index is 0.00823. The zero-order valence-electron chi connectivity index (χ0n) is 11.3. The van der Waals surface area contributed by atoms with Crippen molar-refractivity contribution in [3.05, 3.63) is 48.0 Å². The van der Waals surface area contributed by atoms with Crippen molar-refractivity contribution < 1.29 is 22.7 Å². The molecule has 0 N–H and O–H groups in total. The molecule has 0 spiro atoms. The lowest BCUT2D eigenvalue weighted by Gasteiger charge is -2.30. The van der Waals surface area contributed by atoms with Gasteiger partial charge in [0.2, 0.25) is 0 Å². The SMILES string of the molecule is O=C(OCc1ccccc1)N1CCC=CCC1C(F)(F)F. The molecule has 0 bridgehead atoms. The molecule has 0 saturated carbocycles. The van der Waals surface area contributed by atoms with Gasteiger partial charge in [-0.2, -0.15) is 13.2 Å². The van der Waals surface area contributed by atoms with Gasteiger partial charge in [-0.3, -0.25) is 4.90 Å². The molecule has 1 aromatic rings. The normalized spacial score (nSPS) is 19.2. The van der Waals surface area contributed by atoms with Crippen molar-refractivity contribution in [1.29, 1.82) is 0 Å². The van der Waals surface area contributed by atoms with Crippen molar-refractivity contribution in [3.8, 4) is 0 Å². The lowest BCUT2D eigenvalue weighted by atomic mass is 10.2. The number of carbonyl (C=O) groups is 1. The Morgan fingerprint density at radius 1 is 1.24 bits per heavy atom. The van der Waals surface area contributed by atoms with Gasteiger partial charge in [-0.1, -0.05) is 42.5 Å².